The number of hydrogen-bond acceptors (Lipinski definition) is 8. The summed E-state index contributed by atoms with van der Waals surface area (Å²) >= 11 is 0. The number of fused-ring (bicyclic) bond motifs is 1. The van der Waals surface area contributed by atoms with E-state index < -0.39 is 21.5 Å². The van der Waals surface area contributed by atoms with Crippen LogP contribution in [0.4, 0.5) is 10.5 Å². The zero-order chi connectivity index (χ0) is 33.2. The third-order valence-corrected chi connectivity index (χ3v) is 10.3. The molecule has 1 atom stereocenters. The lowest BCUT2D eigenvalue weighted by Crippen LogP contribution is -2.44. The first kappa shape index (κ1) is 33.9. The smallest absolute Gasteiger partial charge is 0.410 e. The molecule has 3 aliphatic rings. The maximum atomic E-state index is 13.9. The van der Waals surface area contributed by atoms with E-state index in [0.29, 0.717) is 47.6 Å². The molecule has 2 aromatic rings. The van der Waals surface area contributed by atoms with Crippen molar-refractivity contribution in [2.75, 3.05) is 56.8 Å². The molecule has 0 saturated carbocycles. The maximum Gasteiger partial charge on any atom is 0.410 e. The molecule has 2 fully saturated rings. The molecule has 10 nitrogen and oxygen atoms in total. The van der Waals surface area contributed by atoms with E-state index in [1.165, 1.54) is 6.26 Å². The van der Waals surface area contributed by atoms with Gasteiger partial charge in [0.05, 0.1) is 25.5 Å². The van der Waals surface area contributed by atoms with Crippen LogP contribution in [0.25, 0.3) is 0 Å². The second-order valence-electron chi connectivity index (χ2n) is 13.9. The Balaban J connectivity index is 1.24. The third kappa shape index (κ3) is 7.90. The lowest BCUT2D eigenvalue weighted by Gasteiger charge is -2.41. The van der Waals surface area contributed by atoms with Crippen molar-refractivity contribution >= 4 is 27.5 Å². The monoisotopic (exact) mass is 655 g/mol. The zero-order valence-corrected chi connectivity index (χ0v) is 28.9. The van der Waals surface area contributed by atoms with E-state index in [4.69, 9.17) is 14.2 Å². The minimum absolute atomic E-state index is 0.161. The molecule has 2 aromatic carbocycles. The molecular formula is C35H49N3O7S. The summed E-state index contributed by atoms with van der Waals surface area (Å²) < 4.78 is 41.9. The second kappa shape index (κ2) is 13.7. The summed E-state index contributed by atoms with van der Waals surface area (Å²) in [5.74, 6) is 1.94. The average Bonchev–Trinajstić information content (AvgIpc) is 3.34. The van der Waals surface area contributed by atoms with Crippen LogP contribution in [0, 0.1) is 11.8 Å². The van der Waals surface area contributed by atoms with Gasteiger partial charge in [-0.15, -0.1) is 0 Å². The number of anilines is 1. The van der Waals surface area contributed by atoms with Gasteiger partial charge in [-0.1, -0.05) is 12.1 Å². The van der Waals surface area contributed by atoms with Gasteiger partial charge in [0.2, 0.25) is 0 Å². The van der Waals surface area contributed by atoms with Crippen LogP contribution < -0.4 is 14.4 Å². The van der Waals surface area contributed by atoms with Gasteiger partial charge in [-0.3, -0.25) is 4.79 Å². The molecule has 0 aliphatic carbocycles. The van der Waals surface area contributed by atoms with Crippen molar-refractivity contribution in [1.29, 1.82) is 0 Å². The zero-order valence-electron chi connectivity index (χ0n) is 28.1. The number of hydrogen-bond donors (Lipinski definition) is 0. The van der Waals surface area contributed by atoms with Crippen LogP contribution in [0.15, 0.2) is 36.4 Å². The summed E-state index contributed by atoms with van der Waals surface area (Å²) in [5.41, 5.74) is 2.76. The highest BCUT2D eigenvalue weighted by Crippen LogP contribution is 2.39. The van der Waals surface area contributed by atoms with Gasteiger partial charge in [0.15, 0.2) is 11.5 Å². The Morgan fingerprint density at radius 3 is 2.20 bits per heavy atom. The molecule has 11 heteroatoms. The molecule has 46 heavy (non-hydrogen) atoms. The van der Waals surface area contributed by atoms with Gasteiger partial charge in [0, 0.05) is 50.2 Å². The largest absolute Gasteiger partial charge is 0.493 e. The highest BCUT2D eigenvalue weighted by atomic mass is 32.2. The molecule has 0 aromatic heterocycles. The number of rotatable bonds is 9. The molecule has 2 amide bonds. The molecular weight excluding hydrogens is 606 g/mol. The standard InChI is InChI=1S/C35H49N3O7S/c1-7-44-32-20-26(9-11-31(32)43-5)30(23-46(6,41)42)38-22-27-8-10-28(21-29(27)33(38)39)36-16-12-24(13-17-36)25-14-18-37(19-15-25)34(40)45-35(2,3)4/h8-11,20-21,24-25,30H,7,12-19,22-23H2,1-6H3/t30-/m1/s1. The maximum absolute atomic E-state index is 13.9. The second-order valence-corrected chi connectivity index (χ2v) is 16.0. The van der Waals surface area contributed by atoms with Crippen molar-refractivity contribution < 1.29 is 32.2 Å². The topological polar surface area (TPSA) is 106 Å². The predicted octanol–water partition coefficient (Wildman–Crippen LogP) is 5.70. The van der Waals surface area contributed by atoms with Gasteiger partial charge in [0.1, 0.15) is 15.4 Å². The Kier molecular flexibility index (Phi) is 10.1. The van der Waals surface area contributed by atoms with Gasteiger partial charge < -0.3 is 28.9 Å². The molecule has 0 spiro atoms. The van der Waals surface area contributed by atoms with E-state index in [-0.39, 0.29) is 17.8 Å². The Morgan fingerprint density at radius 1 is 0.957 bits per heavy atom. The summed E-state index contributed by atoms with van der Waals surface area (Å²) in [6.45, 7) is 11.7. The summed E-state index contributed by atoms with van der Waals surface area (Å²) in [4.78, 5) is 32.2. The van der Waals surface area contributed by atoms with Crippen LogP contribution in [0.3, 0.4) is 0 Å². The third-order valence-electron chi connectivity index (χ3n) is 9.40. The van der Waals surface area contributed by atoms with Crippen molar-refractivity contribution in [3.05, 3.63) is 53.1 Å². The van der Waals surface area contributed by atoms with Crippen LogP contribution in [0.1, 0.15) is 80.9 Å². The summed E-state index contributed by atoms with van der Waals surface area (Å²) in [5, 5.41) is 0. The fourth-order valence-electron chi connectivity index (χ4n) is 7.09. The number of likely N-dealkylation sites (tertiary alicyclic amines) is 1. The van der Waals surface area contributed by atoms with Crippen LogP contribution in [0.5, 0.6) is 11.5 Å². The van der Waals surface area contributed by atoms with Crippen LogP contribution in [-0.2, 0) is 21.1 Å². The van der Waals surface area contributed by atoms with Gasteiger partial charge in [0.25, 0.3) is 5.91 Å². The van der Waals surface area contributed by atoms with Gasteiger partial charge in [-0.25, -0.2) is 13.2 Å². The first-order valence-corrected chi connectivity index (χ1v) is 18.5. The summed E-state index contributed by atoms with van der Waals surface area (Å²) in [6, 6.07) is 10.8. The van der Waals surface area contributed by atoms with Crippen LogP contribution in [-0.4, -0.2) is 87.7 Å². The fourth-order valence-corrected chi connectivity index (χ4v) is 8.04. The van der Waals surface area contributed by atoms with Crippen molar-refractivity contribution in [3.63, 3.8) is 0 Å². The van der Waals surface area contributed by atoms with Crippen LogP contribution in [0.2, 0.25) is 0 Å². The molecule has 2 saturated heterocycles. The average molecular weight is 656 g/mol. The molecule has 0 radical (unpaired) electrons. The molecule has 5 rings (SSSR count). The normalized spacial score (nSPS) is 18.8. The minimum Gasteiger partial charge on any atom is -0.493 e. The van der Waals surface area contributed by atoms with Gasteiger partial charge in [-0.05, 0) is 101 Å². The Labute approximate surface area is 273 Å². The first-order chi connectivity index (χ1) is 21.8. The number of piperidine rings is 2. The molecule has 0 bridgehead atoms. The van der Waals surface area contributed by atoms with Crippen LogP contribution >= 0.6 is 0 Å². The highest BCUT2D eigenvalue weighted by Gasteiger charge is 2.37. The summed E-state index contributed by atoms with van der Waals surface area (Å²) in [7, 11) is -1.86. The summed E-state index contributed by atoms with van der Waals surface area (Å²) in [6.07, 6.45) is 5.14. The number of sulfone groups is 1. The fraction of sp³-hybridized carbons (Fsp3) is 0.600. The highest BCUT2D eigenvalue weighted by molar-refractivity contribution is 7.90. The minimum atomic E-state index is -3.42. The molecule has 252 valence electrons. The van der Waals surface area contributed by atoms with Gasteiger partial charge in [-0.2, -0.15) is 0 Å². The number of ether oxygens (including phenoxy) is 3. The molecule has 3 aliphatic heterocycles. The van der Waals surface area contributed by atoms with E-state index in [1.54, 1.807) is 24.1 Å². The number of carbonyl (C=O) groups is 2. The molecule has 0 unspecified atom stereocenters. The van der Waals surface area contributed by atoms with Crippen molar-refractivity contribution in [2.24, 2.45) is 11.8 Å². The van der Waals surface area contributed by atoms with Gasteiger partial charge >= 0.3 is 6.09 Å². The Bertz CT molecular complexity index is 1520. The molecule has 3 heterocycles. The van der Waals surface area contributed by atoms with Crippen molar-refractivity contribution in [2.45, 2.75) is 71.6 Å². The van der Waals surface area contributed by atoms with E-state index in [0.717, 1.165) is 63.1 Å². The van der Waals surface area contributed by atoms with Crippen molar-refractivity contribution in [3.8, 4) is 11.5 Å². The van der Waals surface area contributed by atoms with E-state index in [9.17, 15) is 18.0 Å². The Hall–Kier alpha value is -3.47. The number of carbonyl (C=O) groups excluding carboxylic acids is 2. The predicted molar refractivity (Wildman–Crippen MR) is 178 cm³/mol. The number of amides is 2. The Morgan fingerprint density at radius 2 is 1.61 bits per heavy atom. The van der Waals surface area contributed by atoms with E-state index >= 15 is 0 Å². The first-order valence-electron chi connectivity index (χ1n) is 16.4. The number of benzene rings is 2. The van der Waals surface area contributed by atoms with E-state index in [2.05, 4.69) is 11.0 Å². The SMILES string of the molecule is CCOc1cc([C@@H](CS(C)(=O)=O)N2Cc3ccc(N4CCC(C5CCN(C(=O)OC(C)(C)C)CC5)CC4)cc3C2=O)ccc1OC. The number of methoxy groups -OCH3 is 1. The van der Waals surface area contributed by atoms with E-state index in [1.807, 2.05) is 50.8 Å². The number of nitrogens with zero attached hydrogens (tertiary/aromatic N) is 3. The lowest BCUT2D eigenvalue weighted by atomic mass is 9.79. The lowest BCUT2D eigenvalue weighted by molar-refractivity contribution is 0.0152. The quantitative estimate of drug-likeness (QED) is 0.339. The molecule has 0 N–H and O–H groups in total. The van der Waals surface area contributed by atoms with Crippen molar-refractivity contribution in [1.82, 2.24) is 9.80 Å².